The minimum atomic E-state index is 0. The number of nitrogens with one attached hydrogen (secondary N) is 2. The number of hydrogen-bond donors (Lipinski definition) is 2. The van der Waals surface area contributed by atoms with Crippen LogP contribution in [0.15, 0.2) is 18.2 Å². The van der Waals surface area contributed by atoms with E-state index in [1.165, 1.54) is 0 Å². The van der Waals surface area contributed by atoms with Crippen molar-refractivity contribution in [3.8, 4) is 0 Å². The summed E-state index contributed by atoms with van der Waals surface area (Å²) in [5.74, 6) is 0.115. The lowest BCUT2D eigenvalue weighted by atomic mass is 10.0. The second kappa shape index (κ2) is 9.43. The van der Waals surface area contributed by atoms with E-state index in [0.717, 1.165) is 5.56 Å². The molecule has 3 nitrogen and oxygen atoms in total. The fourth-order valence-corrected chi connectivity index (χ4v) is 2.45. The van der Waals surface area contributed by atoms with Gasteiger partial charge in [0.1, 0.15) is 0 Å². The lowest BCUT2D eigenvalue weighted by Crippen LogP contribution is -2.29. The SMILES string of the molecule is CNCCC(=O)NCC(C)c1c(Cl)cccc1Cl.Cl. The van der Waals surface area contributed by atoms with Crippen molar-refractivity contribution in [2.45, 2.75) is 19.3 Å². The highest BCUT2D eigenvalue weighted by Crippen LogP contribution is 2.30. The van der Waals surface area contributed by atoms with Gasteiger partial charge in [-0.2, -0.15) is 0 Å². The number of rotatable bonds is 6. The molecule has 1 aromatic carbocycles. The summed E-state index contributed by atoms with van der Waals surface area (Å²) in [4.78, 5) is 11.5. The van der Waals surface area contributed by atoms with E-state index >= 15 is 0 Å². The Balaban J connectivity index is 0.00000324. The van der Waals surface area contributed by atoms with Crippen LogP contribution in [0.1, 0.15) is 24.8 Å². The molecule has 0 bridgehead atoms. The van der Waals surface area contributed by atoms with Crippen molar-refractivity contribution < 1.29 is 4.79 Å². The third-order valence-corrected chi connectivity index (χ3v) is 3.36. The van der Waals surface area contributed by atoms with Crippen molar-refractivity contribution in [2.24, 2.45) is 0 Å². The topological polar surface area (TPSA) is 41.1 Å². The van der Waals surface area contributed by atoms with Crippen LogP contribution < -0.4 is 10.6 Å². The number of carbonyl (C=O) groups excluding carboxylic acids is 1. The first-order chi connectivity index (χ1) is 8.56. The molecule has 0 heterocycles. The van der Waals surface area contributed by atoms with Crippen LogP contribution in [-0.4, -0.2) is 26.0 Å². The molecule has 0 fully saturated rings. The Morgan fingerprint density at radius 3 is 2.42 bits per heavy atom. The predicted octanol–water partition coefficient (Wildman–Crippen LogP) is 3.24. The van der Waals surface area contributed by atoms with E-state index in [1.807, 2.05) is 32.2 Å². The molecule has 1 unspecified atom stereocenters. The quantitative estimate of drug-likeness (QED) is 0.843. The first-order valence-electron chi connectivity index (χ1n) is 5.91. The van der Waals surface area contributed by atoms with Crippen LogP contribution in [0.4, 0.5) is 0 Å². The Morgan fingerprint density at radius 2 is 1.89 bits per heavy atom. The number of halogens is 3. The molecule has 0 spiro atoms. The van der Waals surface area contributed by atoms with E-state index in [0.29, 0.717) is 29.6 Å². The maximum absolute atomic E-state index is 11.5. The zero-order chi connectivity index (χ0) is 13.5. The summed E-state index contributed by atoms with van der Waals surface area (Å²) in [6.07, 6.45) is 0.472. The van der Waals surface area contributed by atoms with Gasteiger partial charge >= 0.3 is 0 Å². The van der Waals surface area contributed by atoms with Crippen LogP contribution in [0, 0.1) is 0 Å². The first-order valence-corrected chi connectivity index (χ1v) is 6.67. The van der Waals surface area contributed by atoms with Crippen molar-refractivity contribution >= 4 is 41.5 Å². The van der Waals surface area contributed by atoms with E-state index in [2.05, 4.69) is 10.6 Å². The van der Waals surface area contributed by atoms with Gasteiger partial charge in [0.2, 0.25) is 5.91 Å². The molecule has 2 N–H and O–H groups in total. The molecule has 0 aromatic heterocycles. The molecule has 1 aromatic rings. The van der Waals surface area contributed by atoms with Gasteiger partial charge in [-0.1, -0.05) is 36.2 Å². The highest BCUT2D eigenvalue weighted by molar-refractivity contribution is 6.36. The second-order valence-electron chi connectivity index (χ2n) is 4.19. The Bertz CT molecular complexity index is 393. The molecule has 0 aliphatic carbocycles. The summed E-state index contributed by atoms with van der Waals surface area (Å²) in [5, 5.41) is 7.08. The van der Waals surface area contributed by atoms with Gasteiger partial charge < -0.3 is 10.6 Å². The minimum absolute atomic E-state index is 0. The highest BCUT2D eigenvalue weighted by atomic mass is 35.5. The van der Waals surface area contributed by atoms with Crippen LogP contribution in [0.5, 0.6) is 0 Å². The van der Waals surface area contributed by atoms with Gasteiger partial charge in [-0.25, -0.2) is 0 Å². The zero-order valence-corrected chi connectivity index (χ0v) is 13.3. The summed E-state index contributed by atoms with van der Waals surface area (Å²) in [7, 11) is 1.82. The predicted molar refractivity (Wildman–Crippen MR) is 83.7 cm³/mol. The highest BCUT2D eigenvalue weighted by Gasteiger charge is 2.14. The molecule has 1 atom stereocenters. The van der Waals surface area contributed by atoms with Gasteiger partial charge in [0, 0.05) is 35.5 Å². The van der Waals surface area contributed by atoms with Gasteiger partial charge in [-0.3, -0.25) is 4.79 Å². The average Bonchev–Trinajstić information content (AvgIpc) is 2.33. The Hall–Kier alpha value is -0.480. The molecular weight excluding hydrogens is 307 g/mol. The third kappa shape index (κ3) is 6.00. The molecule has 0 aliphatic heterocycles. The number of hydrogen-bond acceptors (Lipinski definition) is 2. The van der Waals surface area contributed by atoms with Crippen LogP contribution in [-0.2, 0) is 4.79 Å². The summed E-state index contributed by atoms with van der Waals surface area (Å²) in [6, 6.07) is 5.43. The van der Waals surface area contributed by atoms with Crippen molar-refractivity contribution in [3.05, 3.63) is 33.8 Å². The molecule has 1 amide bonds. The van der Waals surface area contributed by atoms with Gasteiger partial charge in [0.25, 0.3) is 0 Å². The van der Waals surface area contributed by atoms with Crippen LogP contribution >= 0.6 is 35.6 Å². The van der Waals surface area contributed by atoms with Gasteiger partial charge in [-0.05, 0) is 24.7 Å². The number of benzene rings is 1. The molecule has 6 heteroatoms. The normalized spacial score (nSPS) is 11.6. The lowest BCUT2D eigenvalue weighted by molar-refractivity contribution is -0.121. The minimum Gasteiger partial charge on any atom is -0.355 e. The van der Waals surface area contributed by atoms with Crippen molar-refractivity contribution in [1.29, 1.82) is 0 Å². The summed E-state index contributed by atoms with van der Waals surface area (Å²) >= 11 is 12.2. The van der Waals surface area contributed by atoms with E-state index in [9.17, 15) is 4.79 Å². The largest absolute Gasteiger partial charge is 0.355 e. The van der Waals surface area contributed by atoms with E-state index < -0.39 is 0 Å². The monoisotopic (exact) mass is 324 g/mol. The third-order valence-electron chi connectivity index (χ3n) is 2.70. The standard InChI is InChI=1S/C13H18Cl2N2O.ClH/c1-9(8-17-12(18)6-7-16-2)13-10(14)4-3-5-11(13)15;/h3-5,9,16H,6-8H2,1-2H3,(H,17,18);1H. The van der Waals surface area contributed by atoms with Gasteiger partial charge in [0.05, 0.1) is 0 Å². The Kier molecular flexibility index (Phi) is 9.19. The Morgan fingerprint density at radius 1 is 1.32 bits per heavy atom. The van der Waals surface area contributed by atoms with Crippen LogP contribution in [0.25, 0.3) is 0 Å². The first kappa shape index (κ1) is 18.5. The molecule has 1 rings (SSSR count). The average molecular weight is 326 g/mol. The van der Waals surface area contributed by atoms with Crippen molar-refractivity contribution in [1.82, 2.24) is 10.6 Å². The van der Waals surface area contributed by atoms with Crippen molar-refractivity contribution in [3.63, 3.8) is 0 Å². The Labute approximate surface area is 130 Å². The molecule has 19 heavy (non-hydrogen) atoms. The lowest BCUT2D eigenvalue weighted by Gasteiger charge is -2.16. The van der Waals surface area contributed by atoms with Gasteiger partial charge in [0.15, 0.2) is 0 Å². The summed E-state index contributed by atoms with van der Waals surface area (Å²) in [5.41, 5.74) is 0.884. The van der Waals surface area contributed by atoms with E-state index in [-0.39, 0.29) is 24.2 Å². The van der Waals surface area contributed by atoms with Gasteiger partial charge in [-0.15, -0.1) is 12.4 Å². The zero-order valence-electron chi connectivity index (χ0n) is 11.0. The smallest absolute Gasteiger partial charge is 0.221 e. The molecule has 0 radical (unpaired) electrons. The summed E-state index contributed by atoms with van der Waals surface area (Å²) < 4.78 is 0. The fourth-order valence-electron chi connectivity index (χ4n) is 1.68. The van der Waals surface area contributed by atoms with Crippen molar-refractivity contribution in [2.75, 3.05) is 20.1 Å². The summed E-state index contributed by atoms with van der Waals surface area (Å²) in [6.45, 7) is 3.20. The van der Waals surface area contributed by atoms with Crippen LogP contribution in [0.3, 0.4) is 0 Å². The maximum atomic E-state index is 11.5. The van der Waals surface area contributed by atoms with Crippen LogP contribution in [0.2, 0.25) is 10.0 Å². The fraction of sp³-hybridized carbons (Fsp3) is 0.462. The molecular formula is C13H19Cl3N2O. The van der Waals surface area contributed by atoms with E-state index in [4.69, 9.17) is 23.2 Å². The molecule has 0 saturated heterocycles. The molecule has 0 saturated carbocycles. The molecule has 0 aliphatic rings. The second-order valence-corrected chi connectivity index (χ2v) is 5.01. The maximum Gasteiger partial charge on any atom is 0.221 e. The number of amides is 1. The van der Waals surface area contributed by atoms with E-state index in [1.54, 1.807) is 0 Å². The molecule has 108 valence electrons. The number of carbonyl (C=O) groups is 1.